The van der Waals surface area contributed by atoms with Gasteiger partial charge >= 0.3 is 7.12 Å². The van der Waals surface area contributed by atoms with Crippen LogP contribution in [0.3, 0.4) is 0 Å². The van der Waals surface area contributed by atoms with Gasteiger partial charge in [-0.3, -0.25) is 0 Å². The summed E-state index contributed by atoms with van der Waals surface area (Å²) in [5, 5.41) is 18.6. The largest absolute Gasteiger partial charge is 0.509 e. The van der Waals surface area contributed by atoms with E-state index in [-0.39, 0.29) is 5.59 Å². The molecule has 1 aromatic heterocycles. The van der Waals surface area contributed by atoms with Crippen LogP contribution < -0.4 is 5.59 Å². The molecule has 6 heteroatoms. The lowest BCUT2D eigenvalue weighted by Gasteiger charge is -1.86. The number of rotatable bonds is 1. The molecule has 0 bridgehead atoms. The molecule has 1 heterocycles. The standard InChI is InChI=1S/C3H3BBrNO2S/c5-3-6-2(1-9-3)4(7)8/h1,7-8H. The van der Waals surface area contributed by atoms with Crippen molar-refractivity contribution in [3.63, 3.8) is 0 Å². The van der Waals surface area contributed by atoms with Crippen LogP contribution in [0.5, 0.6) is 0 Å². The van der Waals surface area contributed by atoms with Gasteiger partial charge in [0.05, 0.1) is 5.59 Å². The Bertz CT molecular complexity index is 203. The summed E-state index contributed by atoms with van der Waals surface area (Å²) in [6.45, 7) is 0. The second kappa shape index (κ2) is 2.79. The second-order valence-corrected chi connectivity index (χ2v) is 3.53. The van der Waals surface area contributed by atoms with Crippen LogP contribution in [0.1, 0.15) is 0 Å². The number of hydrogen-bond donors (Lipinski definition) is 2. The molecule has 0 aliphatic rings. The van der Waals surface area contributed by atoms with Crippen molar-refractivity contribution < 1.29 is 10.0 Å². The van der Waals surface area contributed by atoms with Gasteiger partial charge in [-0.1, -0.05) is 0 Å². The number of thiazole rings is 1. The fourth-order valence-electron chi connectivity index (χ4n) is 0.382. The van der Waals surface area contributed by atoms with Gasteiger partial charge in [0.2, 0.25) is 0 Å². The summed E-state index contributed by atoms with van der Waals surface area (Å²) >= 11 is 4.40. The predicted octanol–water partition coefficient (Wildman–Crippen LogP) is -0.415. The van der Waals surface area contributed by atoms with Crippen molar-refractivity contribution in [2.45, 2.75) is 0 Å². The Morgan fingerprint density at radius 2 is 2.33 bits per heavy atom. The van der Waals surface area contributed by atoms with Crippen LogP contribution in [-0.4, -0.2) is 22.2 Å². The number of nitrogens with zero attached hydrogens (tertiary/aromatic N) is 1. The molecule has 0 spiro atoms. The van der Waals surface area contributed by atoms with Gasteiger partial charge in [0.25, 0.3) is 0 Å². The molecule has 1 aromatic rings. The summed E-state index contributed by atoms with van der Waals surface area (Å²) in [6, 6.07) is 0. The monoisotopic (exact) mass is 207 g/mol. The van der Waals surface area contributed by atoms with Gasteiger partial charge in [-0.05, 0) is 15.9 Å². The molecule has 2 N–H and O–H groups in total. The lowest BCUT2D eigenvalue weighted by atomic mass is 9.88. The average Bonchev–Trinajstić information content (AvgIpc) is 2.14. The van der Waals surface area contributed by atoms with E-state index < -0.39 is 7.12 Å². The lowest BCUT2D eigenvalue weighted by Crippen LogP contribution is -2.30. The Hall–Kier alpha value is 0.0949. The van der Waals surface area contributed by atoms with Crippen LogP contribution in [0.25, 0.3) is 0 Å². The van der Waals surface area contributed by atoms with E-state index in [1.807, 2.05) is 0 Å². The first-order valence-corrected chi connectivity index (χ1v) is 3.84. The molecule has 0 radical (unpaired) electrons. The summed E-state index contributed by atoms with van der Waals surface area (Å²) in [6.07, 6.45) is 0. The van der Waals surface area contributed by atoms with Crippen molar-refractivity contribution in [1.82, 2.24) is 4.98 Å². The molecule has 0 atom stereocenters. The van der Waals surface area contributed by atoms with Crippen LogP contribution in [0.15, 0.2) is 9.30 Å². The molecular formula is C3H3BBrNO2S. The molecule has 0 fully saturated rings. The molecule has 0 saturated carbocycles. The fourth-order valence-corrected chi connectivity index (χ4v) is 1.42. The minimum Gasteiger partial charge on any atom is -0.422 e. The number of halogens is 1. The van der Waals surface area contributed by atoms with E-state index in [9.17, 15) is 0 Å². The van der Waals surface area contributed by atoms with Crippen molar-refractivity contribution in [2.24, 2.45) is 0 Å². The minimum absolute atomic E-state index is 0.284. The number of aromatic nitrogens is 1. The zero-order valence-electron chi connectivity index (χ0n) is 4.28. The molecule has 0 unspecified atom stereocenters. The van der Waals surface area contributed by atoms with E-state index in [0.29, 0.717) is 3.92 Å². The van der Waals surface area contributed by atoms with Crippen molar-refractivity contribution >= 4 is 40.0 Å². The normalized spacial score (nSPS) is 9.67. The van der Waals surface area contributed by atoms with Gasteiger partial charge in [-0.15, -0.1) is 11.3 Å². The third-order valence-corrected chi connectivity index (χ3v) is 2.14. The first kappa shape index (κ1) is 7.20. The molecule has 0 aliphatic carbocycles. The Balaban J connectivity index is 2.85. The zero-order valence-corrected chi connectivity index (χ0v) is 6.69. The molecule has 3 nitrogen and oxygen atoms in total. The Labute approximate surface area is 64.6 Å². The topological polar surface area (TPSA) is 53.4 Å². The van der Waals surface area contributed by atoms with Gasteiger partial charge in [0, 0.05) is 5.38 Å². The highest BCUT2D eigenvalue weighted by atomic mass is 79.9. The van der Waals surface area contributed by atoms with Crippen molar-refractivity contribution in [2.75, 3.05) is 0 Å². The van der Waals surface area contributed by atoms with Crippen LogP contribution in [0.4, 0.5) is 0 Å². The first-order valence-electron chi connectivity index (χ1n) is 2.17. The summed E-state index contributed by atoms with van der Waals surface area (Å²) in [7, 11) is -1.45. The van der Waals surface area contributed by atoms with Crippen molar-refractivity contribution in [1.29, 1.82) is 0 Å². The van der Waals surface area contributed by atoms with Crippen LogP contribution >= 0.6 is 27.3 Å². The highest BCUT2D eigenvalue weighted by Gasteiger charge is 2.13. The molecule has 9 heavy (non-hydrogen) atoms. The molecular weight excluding hydrogens is 205 g/mol. The van der Waals surface area contributed by atoms with Gasteiger partial charge in [-0.25, -0.2) is 4.98 Å². The second-order valence-electron chi connectivity index (χ2n) is 1.40. The highest BCUT2D eigenvalue weighted by molar-refractivity contribution is 9.11. The van der Waals surface area contributed by atoms with Crippen LogP contribution in [-0.2, 0) is 0 Å². The van der Waals surface area contributed by atoms with E-state index in [0.717, 1.165) is 0 Å². The average molecular weight is 208 g/mol. The Morgan fingerprint density at radius 3 is 2.56 bits per heavy atom. The third-order valence-electron chi connectivity index (χ3n) is 0.758. The Morgan fingerprint density at radius 1 is 1.67 bits per heavy atom. The number of hydrogen-bond acceptors (Lipinski definition) is 4. The quantitative estimate of drug-likeness (QED) is 0.616. The SMILES string of the molecule is OB(O)c1csc(Br)n1. The minimum atomic E-state index is -1.45. The first-order chi connectivity index (χ1) is 4.20. The van der Waals surface area contributed by atoms with E-state index in [1.54, 1.807) is 5.38 Å². The zero-order chi connectivity index (χ0) is 6.85. The fraction of sp³-hybridized carbons (Fsp3) is 0. The maximum Gasteiger partial charge on any atom is 0.509 e. The summed E-state index contributed by atoms with van der Waals surface area (Å²) < 4.78 is 0.658. The van der Waals surface area contributed by atoms with Gasteiger partial charge < -0.3 is 10.0 Å². The summed E-state index contributed by atoms with van der Waals surface area (Å²) in [5.74, 6) is 0. The predicted molar refractivity (Wildman–Crippen MR) is 39.6 cm³/mol. The molecule has 1 rings (SSSR count). The van der Waals surface area contributed by atoms with E-state index in [4.69, 9.17) is 10.0 Å². The van der Waals surface area contributed by atoms with Crippen LogP contribution in [0, 0.1) is 0 Å². The van der Waals surface area contributed by atoms with E-state index >= 15 is 0 Å². The highest BCUT2D eigenvalue weighted by Crippen LogP contribution is 2.09. The van der Waals surface area contributed by atoms with Crippen molar-refractivity contribution in [3.05, 3.63) is 9.30 Å². The van der Waals surface area contributed by atoms with E-state index in [1.165, 1.54) is 11.3 Å². The third kappa shape index (κ3) is 1.75. The maximum absolute atomic E-state index is 8.52. The lowest BCUT2D eigenvalue weighted by molar-refractivity contribution is 0.424. The molecule has 0 aromatic carbocycles. The van der Waals surface area contributed by atoms with Crippen molar-refractivity contribution in [3.8, 4) is 0 Å². The molecule has 48 valence electrons. The van der Waals surface area contributed by atoms with Gasteiger partial charge in [-0.2, -0.15) is 0 Å². The summed E-state index contributed by atoms with van der Waals surface area (Å²) in [5.41, 5.74) is 0.284. The maximum atomic E-state index is 8.52. The Kier molecular flexibility index (Phi) is 2.23. The van der Waals surface area contributed by atoms with Crippen LogP contribution in [0.2, 0.25) is 0 Å². The summed E-state index contributed by atoms with van der Waals surface area (Å²) in [4.78, 5) is 3.75. The molecule has 0 saturated heterocycles. The molecule has 0 amide bonds. The van der Waals surface area contributed by atoms with Gasteiger partial charge in [0.1, 0.15) is 0 Å². The smallest absolute Gasteiger partial charge is 0.422 e. The van der Waals surface area contributed by atoms with E-state index in [2.05, 4.69) is 20.9 Å². The van der Waals surface area contributed by atoms with Gasteiger partial charge in [0.15, 0.2) is 3.92 Å². The molecule has 0 aliphatic heterocycles.